The first-order valence-corrected chi connectivity index (χ1v) is 11.2. The van der Waals surface area contributed by atoms with Gasteiger partial charge in [0.05, 0.1) is 17.8 Å². The second-order valence-corrected chi connectivity index (χ2v) is 9.92. The van der Waals surface area contributed by atoms with Crippen LogP contribution in [-0.2, 0) is 19.1 Å². The van der Waals surface area contributed by atoms with Crippen molar-refractivity contribution in [3.05, 3.63) is 21.6 Å². The Kier molecular flexibility index (Phi) is 7.05. The summed E-state index contributed by atoms with van der Waals surface area (Å²) in [5, 5.41) is 0.456. The molecular formula is C21H26BrClN2O6. The number of likely N-dealkylation sites (tertiary alicyclic amines) is 1. The van der Waals surface area contributed by atoms with Crippen molar-refractivity contribution in [1.29, 1.82) is 0 Å². The van der Waals surface area contributed by atoms with E-state index in [4.69, 9.17) is 21.1 Å². The Bertz CT molecular complexity index is 881. The van der Waals surface area contributed by atoms with Crippen LogP contribution < -0.4 is 9.64 Å². The predicted molar refractivity (Wildman–Crippen MR) is 118 cm³/mol. The highest BCUT2D eigenvalue weighted by atomic mass is 79.9. The topological polar surface area (TPSA) is 85.4 Å². The molecule has 0 saturated carbocycles. The van der Waals surface area contributed by atoms with Crippen LogP contribution in [0.2, 0.25) is 5.02 Å². The van der Waals surface area contributed by atoms with Crippen LogP contribution in [0.5, 0.6) is 5.75 Å². The molecule has 2 heterocycles. The summed E-state index contributed by atoms with van der Waals surface area (Å²) in [4.78, 5) is 40.1. The molecule has 1 atom stereocenters. The first kappa shape index (κ1) is 23.7. The van der Waals surface area contributed by atoms with E-state index in [1.54, 1.807) is 21.9 Å². The maximum atomic E-state index is 13.2. The number of rotatable bonds is 5. The zero-order chi connectivity index (χ0) is 22.9. The summed E-state index contributed by atoms with van der Waals surface area (Å²) in [6.07, 6.45) is -0.890. The Morgan fingerprint density at radius 2 is 1.97 bits per heavy atom. The van der Waals surface area contributed by atoms with E-state index in [-0.39, 0.29) is 30.8 Å². The monoisotopic (exact) mass is 516 g/mol. The van der Waals surface area contributed by atoms with E-state index in [1.807, 2.05) is 20.8 Å². The molecule has 1 unspecified atom stereocenters. The zero-order valence-corrected chi connectivity index (χ0v) is 20.3. The fourth-order valence-electron chi connectivity index (χ4n) is 3.46. The minimum absolute atomic E-state index is 0.0701. The molecule has 0 aliphatic carbocycles. The highest BCUT2D eigenvalue weighted by molar-refractivity contribution is 9.10. The molecule has 0 bridgehead atoms. The van der Waals surface area contributed by atoms with Gasteiger partial charge in [-0.15, -0.1) is 0 Å². The molecular weight excluding hydrogens is 492 g/mol. The largest absolute Gasteiger partial charge is 0.478 e. The summed E-state index contributed by atoms with van der Waals surface area (Å²) in [5.74, 6) is -0.0521. The van der Waals surface area contributed by atoms with Gasteiger partial charge in [0.15, 0.2) is 6.10 Å². The number of fused-ring (bicyclic) bond motifs is 1. The number of nitrogens with zero attached hydrogens (tertiary/aromatic N) is 2. The molecule has 1 aromatic carbocycles. The lowest BCUT2D eigenvalue weighted by atomic mass is 9.98. The van der Waals surface area contributed by atoms with Gasteiger partial charge in [0, 0.05) is 42.9 Å². The van der Waals surface area contributed by atoms with Crippen LogP contribution in [0.25, 0.3) is 0 Å². The maximum absolute atomic E-state index is 13.2. The number of halogens is 2. The van der Waals surface area contributed by atoms with Crippen molar-refractivity contribution in [2.45, 2.75) is 45.3 Å². The molecule has 2 amide bonds. The molecule has 0 spiro atoms. The number of amides is 2. The van der Waals surface area contributed by atoms with Crippen LogP contribution in [0.3, 0.4) is 0 Å². The molecule has 0 radical (unpaired) electrons. The number of hydrogen-bond acceptors (Lipinski definition) is 6. The molecule has 3 rings (SSSR count). The van der Waals surface area contributed by atoms with Crippen molar-refractivity contribution in [1.82, 2.24) is 4.90 Å². The van der Waals surface area contributed by atoms with Crippen molar-refractivity contribution in [2.75, 3.05) is 31.6 Å². The van der Waals surface area contributed by atoms with E-state index < -0.39 is 17.7 Å². The van der Waals surface area contributed by atoms with Crippen LogP contribution in [-0.4, -0.2) is 61.3 Å². The first-order valence-electron chi connectivity index (χ1n) is 10.0. The van der Waals surface area contributed by atoms with Gasteiger partial charge in [0.2, 0.25) is 0 Å². The Labute approximate surface area is 194 Å². The van der Waals surface area contributed by atoms with E-state index in [2.05, 4.69) is 20.7 Å². The minimum Gasteiger partial charge on any atom is -0.478 e. The van der Waals surface area contributed by atoms with Gasteiger partial charge in [-0.3, -0.25) is 9.59 Å². The second-order valence-electron chi connectivity index (χ2n) is 8.66. The van der Waals surface area contributed by atoms with Crippen LogP contribution >= 0.6 is 27.5 Å². The second kappa shape index (κ2) is 9.24. The number of carbonyl (C=O) groups is 3. The Morgan fingerprint density at radius 3 is 2.58 bits per heavy atom. The van der Waals surface area contributed by atoms with Crippen molar-refractivity contribution in [3.63, 3.8) is 0 Å². The minimum atomic E-state index is -0.804. The summed E-state index contributed by atoms with van der Waals surface area (Å²) < 4.78 is 16.6. The van der Waals surface area contributed by atoms with Crippen LogP contribution in [0.1, 0.15) is 33.6 Å². The van der Waals surface area contributed by atoms with E-state index in [1.165, 1.54) is 7.11 Å². The molecule has 1 fully saturated rings. The number of methoxy groups -OCH3 is 1. The Morgan fingerprint density at radius 1 is 1.29 bits per heavy atom. The van der Waals surface area contributed by atoms with Gasteiger partial charge in [-0.2, -0.15) is 0 Å². The number of esters is 1. The number of ether oxygens (including phenoxy) is 3. The molecule has 8 nitrogen and oxygen atoms in total. The molecule has 1 aromatic rings. The molecule has 31 heavy (non-hydrogen) atoms. The van der Waals surface area contributed by atoms with Crippen molar-refractivity contribution in [2.24, 2.45) is 5.92 Å². The van der Waals surface area contributed by atoms with Gasteiger partial charge >= 0.3 is 12.1 Å². The van der Waals surface area contributed by atoms with Crippen molar-refractivity contribution < 1.29 is 28.6 Å². The lowest BCUT2D eigenvalue weighted by Gasteiger charge is -2.43. The normalized spacial score (nSPS) is 18.8. The van der Waals surface area contributed by atoms with Gasteiger partial charge in [-0.25, -0.2) is 4.79 Å². The number of carbonyl (C=O) groups excluding carboxylic acids is 3. The lowest BCUT2D eigenvalue weighted by molar-refractivity contribution is -0.141. The smallest absolute Gasteiger partial charge is 0.410 e. The third-order valence-corrected chi connectivity index (χ3v) is 6.19. The van der Waals surface area contributed by atoms with Crippen LogP contribution in [0, 0.1) is 5.92 Å². The Balaban J connectivity index is 1.72. The number of anilines is 1. The van der Waals surface area contributed by atoms with Crippen LogP contribution in [0.15, 0.2) is 16.6 Å². The fraction of sp³-hybridized carbons (Fsp3) is 0.571. The van der Waals surface area contributed by atoms with E-state index >= 15 is 0 Å². The Hall–Kier alpha value is -2.00. The summed E-state index contributed by atoms with van der Waals surface area (Å²) >= 11 is 9.63. The zero-order valence-electron chi connectivity index (χ0n) is 17.9. The fourth-order valence-corrected chi connectivity index (χ4v) is 3.94. The average Bonchev–Trinajstić information content (AvgIpc) is 2.64. The lowest BCUT2D eigenvalue weighted by Crippen LogP contribution is -2.57. The summed E-state index contributed by atoms with van der Waals surface area (Å²) in [6, 6.07) is 3.40. The summed E-state index contributed by atoms with van der Waals surface area (Å²) in [7, 11) is 1.31. The molecule has 0 N–H and O–H groups in total. The quantitative estimate of drug-likeness (QED) is 0.549. The van der Waals surface area contributed by atoms with Gasteiger partial charge in [0.1, 0.15) is 11.4 Å². The van der Waals surface area contributed by atoms with Crippen molar-refractivity contribution in [3.8, 4) is 5.75 Å². The highest BCUT2D eigenvalue weighted by Gasteiger charge is 2.40. The van der Waals surface area contributed by atoms with Crippen LogP contribution in [0.4, 0.5) is 10.5 Å². The highest BCUT2D eigenvalue weighted by Crippen LogP contribution is 2.41. The predicted octanol–water partition coefficient (Wildman–Crippen LogP) is 4.02. The first-order chi connectivity index (χ1) is 14.5. The van der Waals surface area contributed by atoms with Gasteiger partial charge in [-0.1, -0.05) is 11.6 Å². The van der Waals surface area contributed by atoms with Crippen molar-refractivity contribution >= 4 is 51.2 Å². The number of benzene rings is 1. The maximum Gasteiger partial charge on any atom is 0.410 e. The van der Waals surface area contributed by atoms with E-state index in [9.17, 15) is 14.4 Å². The standard InChI is InChI=1S/C21H26BrClN2O6/c1-21(2,3)31-20(28)24-9-12(10-24)11-25-15-8-14(23)13(22)7-17(15)30-16(19(25)27)5-6-18(26)29-4/h7-8,12,16H,5-6,9-11H2,1-4H3. The molecule has 2 aliphatic heterocycles. The third kappa shape index (κ3) is 5.63. The van der Waals surface area contributed by atoms with E-state index in [0.29, 0.717) is 40.6 Å². The van der Waals surface area contributed by atoms with Gasteiger partial charge < -0.3 is 24.0 Å². The molecule has 10 heteroatoms. The van der Waals surface area contributed by atoms with Gasteiger partial charge in [-0.05, 0) is 48.8 Å². The third-order valence-electron chi connectivity index (χ3n) is 4.99. The molecule has 1 saturated heterocycles. The molecule has 0 aromatic heterocycles. The summed E-state index contributed by atoms with van der Waals surface area (Å²) in [6.45, 7) is 6.85. The number of hydrogen-bond donors (Lipinski definition) is 0. The van der Waals surface area contributed by atoms with Gasteiger partial charge in [0.25, 0.3) is 5.91 Å². The SMILES string of the molecule is COC(=O)CCC1Oc2cc(Br)c(Cl)cc2N(CC2CN(C(=O)OC(C)(C)C)C2)C1=O. The summed E-state index contributed by atoms with van der Waals surface area (Å²) in [5.41, 5.74) is 0.0152. The average molecular weight is 518 g/mol. The van der Waals surface area contributed by atoms with E-state index in [0.717, 1.165) is 0 Å². The molecule has 170 valence electrons. The molecule has 2 aliphatic rings.